The summed E-state index contributed by atoms with van der Waals surface area (Å²) in [5.41, 5.74) is 9.08. The van der Waals surface area contributed by atoms with E-state index in [9.17, 15) is 0 Å². The quantitative estimate of drug-likeness (QED) is 0.505. The Morgan fingerprint density at radius 2 is 2.58 bits per heavy atom. The number of hydrogen-bond donors (Lipinski definition) is 2. The molecule has 1 fully saturated rings. The highest BCUT2D eigenvalue weighted by atomic mass is 32.1. The molecule has 4 heteroatoms. The van der Waals surface area contributed by atoms with Crippen molar-refractivity contribution in [1.29, 1.82) is 0 Å². The Bertz CT molecular complexity index is 200. The largest absolute Gasteiger partial charge is 0.375 e. The Balaban J connectivity index is 2.35. The van der Waals surface area contributed by atoms with E-state index >= 15 is 0 Å². The van der Waals surface area contributed by atoms with Gasteiger partial charge in [-0.3, -0.25) is 5.43 Å². The van der Waals surface area contributed by atoms with Gasteiger partial charge in [0, 0.05) is 5.71 Å². The van der Waals surface area contributed by atoms with Gasteiger partial charge < -0.3 is 5.73 Å². The van der Waals surface area contributed by atoms with Gasteiger partial charge in [0.05, 0.1) is 0 Å². The molecular weight excluding hydrogens is 170 g/mol. The second kappa shape index (κ2) is 4.40. The first-order valence-corrected chi connectivity index (χ1v) is 4.74. The second-order valence-corrected chi connectivity index (χ2v) is 3.61. The maximum atomic E-state index is 5.25. The number of rotatable bonds is 2. The van der Waals surface area contributed by atoms with E-state index in [-0.39, 0.29) is 5.11 Å². The molecule has 3 nitrogen and oxygen atoms in total. The summed E-state index contributed by atoms with van der Waals surface area (Å²) in [6.45, 7) is 2.22. The maximum absolute atomic E-state index is 5.25. The van der Waals surface area contributed by atoms with Crippen LogP contribution in [0.15, 0.2) is 5.10 Å². The van der Waals surface area contributed by atoms with Crippen LogP contribution in [-0.4, -0.2) is 10.8 Å². The summed E-state index contributed by atoms with van der Waals surface area (Å²) in [6.07, 6.45) is 4.70. The van der Waals surface area contributed by atoms with Crippen LogP contribution in [0.3, 0.4) is 0 Å². The molecule has 0 saturated heterocycles. The average molecular weight is 185 g/mol. The Morgan fingerprint density at radius 1 is 1.83 bits per heavy atom. The van der Waals surface area contributed by atoms with Gasteiger partial charge in [0.1, 0.15) is 0 Å². The topological polar surface area (TPSA) is 50.4 Å². The van der Waals surface area contributed by atoms with E-state index in [2.05, 4.69) is 29.7 Å². The van der Waals surface area contributed by atoms with Crippen molar-refractivity contribution < 1.29 is 0 Å². The molecule has 3 N–H and O–H groups in total. The minimum Gasteiger partial charge on any atom is -0.375 e. The van der Waals surface area contributed by atoms with E-state index in [4.69, 9.17) is 5.73 Å². The van der Waals surface area contributed by atoms with Gasteiger partial charge in [0.25, 0.3) is 0 Å². The van der Waals surface area contributed by atoms with Crippen molar-refractivity contribution in [2.24, 2.45) is 16.8 Å². The molecule has 12 heavy (non-hydrogen) atoms. The van der Waals surface area contributed by atoms with E-state index in [1.807, 2.05) is 0 Å². The summed E-state index contributed by atoms with van der Waals surface area (Å²) in [5, 5.41) is 4.37. The summed E-state index contributed by atoms with van der Waals surface area (Å²) < 4.78 is 0. The van der Waals surface area contributed by atoms with Gasteiger partial charge >= 0.3 is 0 Å². The minimum atomic E-state index is 0.252. The number of nitrogens with zero attached hydrogens (tertiary/aromatic N) is 1. The molecule has 0 aromatic carbocycles. The van der Waals surface area contributed by atoms with Crippen molar-refractivity contribution in [3.63, 3.8) is 0 Å². The van der Waals surface area contributed by atoms with Gasteiger partial charge in [0.15, 0.2) is 5.11 Å². The zero-order chi connectivity index (χ0) is 8.97. The van der Waals surface area contributed by atoms with Gasteiger partial charge in [0.2, 0.25) is 0 Å². The molecule has 68 valence electrons. The fourth-order valence-corrected chi connectivity index (χ4v) is 1.54. The van der Waals surface area contributed by atoms with Crippen LogP contribution in [0.5, 0.6) is 0 Å². The highest BCUT2D eigenvalue weighted by Crippen LogP contribution is 2.25. The first kappa shape index (κ1) is 9.45. The molecule has 0 amide bonds. The predicted octanol–water partition coefficient (Wildman–Crippen LogP) is 1.39. The molecule has 1 aliphatic rings. The fourth-order valence-electron chi connectivity index (χ4n) is 1.49. The Kier molecular flexibility index (Phi) is 3.47. The lowest BCUT2D eigenvalue weighted by molar-refractivity contribution is 0.540. The van der Waals surface area contributed by atoms with Crippen LogP contribution in [-0.2, 0) is 0 Å². The van der Waals surface area contributed by atoms with Crippen molar-refractivity contribution in [3.05, 3.63) is 0 Å². The number of nitrogens with two attached hydrogens (primary N) is 1. The number of thiocarbonyl (C=S) groups is 1. The molecule has 0 radical (unpaired) electrons. The van der Waals surface area contributed by atoms with Crippen molar-refractivity contribution in [3.8, 4) is 0 Å². The predicted molar refractivity (Wildman–Crippen MR) is 55.0 cm³/mol. The highest BCUT2D eigenvalue weighted by molar-refractivity contribution is 7.80. The van der Waals surface area contributed by atoms with Gasteiger partial charge in [-0.05, 0) is 37.4 Å². The SMILES string of the molecule is CCC1CC/C(=N/NC(N)=S)C1. The van der Waals surface area contributed by atoms with E-state index in [1.165, 1.54) is 18.6 Å². The first-order chi connectivity index (χ1) is 5.72. The fraction of sp³-hybridized carbons (Fsp3) is 0.750. The van der Waals surface area contributed by atoms with Crippen LogP contribution in [0.4, 0.5) is 0 Å². The zero-order valence-electron chi connectivity index (χ0n) is 7.34. The third-order valence-electron chi connectivity index (χ3n) is 2.27. The zero-order valence-corrected chi connectivity index (χ0v) is 8.16. The van der Waals surface area contributed by atoms with Crippen LogP contribution >= 0.6 is 12.2 Å². The monoisotopic (exact) mass is 185 g/mol. The molecule has 1 rings (SSSR count). The molecule has 0 spiro atoms. The van der Waals surface area contributed by atoms with Gasteiger partial charge in [-0.25, -0.2) is 0 Å². The van der Waals surface area contributed by atoms with Crippen molar-refractivity contribution in [2.45, 2.75) is 32.6 Å². The lowest BCUT2D eigenvalue weighted by atomic mass is 10.1. The Hall–Kier alpha value is -0.640. The average Bonchev–Trinajstić information content (AvgIpc) is 2.48. The van der Waals surface area contributed by atoms with Crippen LogP contribution in [0, 0.1) is 5.92 Å². The maximum Gasteiger partial charge on any atom is 0.184 e. The molecule has 1 aliphatic carbocycles. The summed E-state index contributed by atoms with van der Waals surface area (Å²) in [7, 11) is 0. The van der Waals surface area contributed by atoms with E-state index in [0.29, 0.717) is 0 Å². The molecule has 1 saturated carbocycles. The normalized spacial score (nSPS) is 26.1. The van der Waals surface area contributed by atoms with Crippen molar-refractivity contribution in [2.75, 3.05) is 0 Å². The van der Waals surface area contributed by atoms with Gasteiger partial charge in [-0.1, -0.05) is 13.3 Å². The van der Waals surface area contributed by atoms with Gasteiger partial charge in [-0.2, -0.15) is 5.10 Å². The standard InChI is InChI=1S/C8H15N3S/c1-2-6-3-4-7(5-6)10-11-8(9)12/h6H,2-5H2,1H3,(H3,9,11,12)/b10-7-. The number of hydrazone groups is 1. The number of nitrogens with one attached hydrogen (secondary N) is 1. The third-order valence-corrected chi connectivity index (χ3v) is 2.36. The number of hydrogen-bond acceptors (Lipinski definition) is 2. The van der Waals surface area contributed by atoms with E-state index in [1.54, 1.807) is 0 Å². The van der Waals surface area contributed by atoms with Crippen LogP contribution in [0.2, 0.25) is 0 Å². The van der Waals surface area contributed by atoms with Gasteiger partial charge in [-0.15, -0.1) is 0 Å². The van der Waals surface area contributed by atoms with E-state index < -0.39 is 0 Å². The lowest BCUT2D eigenvalue weighted by Gasteiger charge is -2.01. The van der Waals surface area contributed by atoms with Crippen molar-refractivity contribution in [1.82, 2.24) is 5.43 Å². The Morgan fingerprint density at radius 3 is 3.08 bits per heavy atom. The molecule has 0 aromatic rings. The first-order valence-electron chi connectivity index (χ1n) is 4.33. The molecule has 1 atom stereocenters. The van der Waals surface area contributed by atoms with Crippen LogP contribution < -0.4 is 11.2 Å². The molecule has 0 aromatic heterocycles. The molecule has 0 aliphatic heterocycles. The van der Waals surface area contributed by atoms with E-state index in [0.717, 1.165) is 18.8 Å². The summed E-state index contributed by atoms with van der Waals surface area (Å²) >= 11 is 4.65. The van der Waals surface area contributed by atoms with Crippen LogP contribution in [0.1, 0.15) is 32.6 Å². The lowest BCUT2D eigenvalue weighted by Crippen LogP contribution is -2.25. The summed E-state index contributed by atoms with van der Waals surface area (Å²) in [5.74, 6) is 0.817. The van der Waals surface area contributed by atoms with Crippen molar-refractivity contribution >= 4 is 23.0 Å². The molecule has 0 bridgehead atoms. The second-order valence-electron chi connectivity index (χ2n) is 3.17. The molecule has 0 heterocycles. The molecular formula is C8H15N3S. The minimum absolute atomic E-state index is 0.252. The Labute approximate surface area is 78.4 Å². The smallest absolute Gasteiger partial charge is 0.184 e. The highest BCUT2D eigenvalue weighted by Gasteiger charge is 2.18. The third kappa shape index (κ3) is 2.77. The summed E-state index contributed by atoms with van der Waals surface area (Å²) in [6, 6.07) is 0. The summed E-state index contributed by atoms with van der Waals surface area (Å²) in [4.78, 5) is 0. The molecule has 1 unspecified atom stereocenters. The van der Waals surface area contributed by atoms with Crippen LogP contribution in [0.25, 0.3) is 0 Å².